The number of piperidine rings is 1. The van der Waals surface area contributed by atoms with Gasteiger partial charge in [-0.1, -0.05) is 48.9 Å². The predicted octanol–water partition coefficient (Wildman–Crippen LogP) is 3.84. The lowest BCUT2D eigenvalue weighted by Crippen LogP contribution is -2.37. The van der Waals surface area contributed by atoms with E-state index >= 15 is 0 Å². The number of carbonyl (C=O) groups is 1. The van der Waals surface area contributed by atoms with Crippen LogP contribution in [0.25, 0.3) is 10.9 Å². The van der Waals surface area contributed by atoms with Crippen molar-refractivity contribution in [2.45, 2.75) is 45.3 Å². The van der Waals surface area contributed by atoms with Crippen LogP contribution < -0.4 is 10.9 Å². The van der Waals surface area contributed by atoms with Crippen LogP contribution in [0.3, 0.4) is 0 Å². The molecule has 30 heavy (non-hydrogen) atoms. The van der Waals surface area contributed by atoms with Crippen molar-refractivity contribution in [3.8, 4) is 0 Å². The molecule has 4 rings (SSSR count). The molecule has 2 heterocycles. The summed E-state index contributed by atoms with van der Waals surface area (Å²) in [6.07, 6.45) is 3.80. The molecule has 1 aromatic heterocycles. The third-order valence-corrected chi connectivity index (χ3v) is 6.27. The molecule has 1 saturated heterocycles. The second kappa shape index (κ2) is 8.84. The first-order chi connectivity index (χ1) is 14.5. The van der Waals surface area contributed by atoms with Gasteiger partial charge in [-0.2, -0.15) is 0 Å². The summed E-state index contributed by atoms with van der Waals surface area (Å²) in [6.45, 7) is 4.77. The Morgan fingerprint density at radius 3 is 2.60 bits per heavy atom. The minimum absolute atomic E-state index is 0.182. The maximum atomic E-state index is 13.0. The van der Waals surface area contributed by atoms with Crippen LogP contribution in [0, 0.1) is 0 Å². The number of aryl methyl sites for hydroxylation is 1. The molecule has 1 aliphatic heterocycles. The number of para-hydroxylation sites is 1. The number of likely N-dealkylation sites (tertiary alicyclic amines) is 1. The van der Waals surface area contributed by atoms with Crippen molar-refractivity contribution in [3.05, 3.63) is 81.6 Å². The summed E-state index contributed by atoms with van der Waals surface area (Å²) in [4.78, 5) is 27.8. The number of benzene rings is 2. The molecule has 0 bridgehead atoms. The van der Waals surface area contributed by atoms with Gasteiger partial charge < -0.3 is 9.88 Å². The minimum Gasteiger partial charge on any atom is -0.348 e. The van der Waals surface area contributed by atoms with Crippen LogP contribution in [0.4, 0.5) is 0 Å². The fraction of sp³-hybridized carbons (Fsp3) is 0.360. The smallest absolute Gasteiger partial charge is 0.252 e. The highest BCUT2D eigenvalue weighted by Gasteiger charge is 2.19. The van der Waals surface area contributed by atoms with Crippen molar-refractivity contribution >= 4 is 16.8 Å². The first kappa shape index (κ1) is 20.4. The lowest BCUT2D eigenvalue weighted by atomic mass is 10.0. The zero-order valence-corrected chi connectivity index (χ0v) is 17.7. The van der Waals surface area contributed by atoms with Crippen molar-refractivity contribution in [1.29, 1.82) is 0 Å². The van der Waals surface area contributed by atoms with Gasteiger partial charge >= 0.3 is 0 Å². The number of aromatic nitrogens is 1. The number of amides is 1. The normalized spacial score (nSPS) is 17.2. The van der Waals surface area contributed by atoms with Crippen molar-refractivity contribution < 1.29 is 4.79 Å². The summed E-state index contributed by atoms with van der Waals surface area (Å²) in [5.41, 5.74) is 3.38. The summed E-state index contributed by atoms with van der Waals surface area (Å²) in [6, 6.07) is 17.8. The molecule has 0 aliphatic carbocycles. The second-order valence-electron chi connectivity index (χ2n) is 8.24. The third kappa shape index (κ3) is 4.17. The molecule has 1 aliphatic rings. The van der Waals surface area contributed by atoms with Crippen LogP contribution >= 0.6 is 0 Å². The zero-order valence-electron chi connectivity index (χ0n) is 17.7. The number of hydrogen-bond donors (Lipinski definition) is 1. The topological polar surface area (TPSA) is 54.3 Å². The Labute approximate surface area is 177 Å². The SMILES string of the molecule is CC1CCCCN1Cc1ccccc1CNC(=O)c1cc(=O)n(C)c2ccccc12. The van der Waals surface area contributed by atoms with Crippen LogP contribution in [-0.4, -0.2) is 28.0 Å². The van der Waals surface area contributed by atoms with Crippen LogP contribution in [0.15, 0.2) is 59.4 Å². The van der Waals surface area contributed by atoms with Gasteiger partial charge in [-0.05, 0) is 43.5 Å². The fourth-order valence-electron chi connectivity index (χ4n) is 4.36. The molecule has 0 saturated carbocycles. The second-order valence-corrected chi connectivity index (χ2v) is 8.24. The van der Waals surface area contributed by atoms with Crippen molar-refractivity contribution in [3.63, 3.8) is 0 Å². The summed E-state index contributed by atoms with van der Waals surface area (Å²) < 4.78 is 1.57. The summed E-state index contributed by atoms with van der Waals surface area (Å²) in [7, 11) is 1.73. The van der Waals surface area contributed by atoms with Gasteiger partial charge in [0.05, 0.1) is 11.1 Å². The van der Waals surface area contributed by atoms with E-state index in [0.717, 1.165) is 29.6 Å². The lowest BCUT2D eigenvalue weighted by Gasteiger charge is -2.33. The zero-order chi connectivity index (χ0) is 21.1. The predicted molar refractivity (Wildman–Crippen MR) is 121 cm³/mol. The van der Waals surface area contributed by atoms with Crippen LogP contribution in [0.1, 0.15) is 47.7 Å². The maximum Gasteiger partial charge on any atom is 0.252 e. The molecule has 5 heteroatoms. The van der Waals surface area contributed by atoms with Crippen LogP contribution in [-0.2, 0) is 20.1 Å². The number of hydrogen-bond acceptors (Lipinski definition) is 3. The van der Waals surface area contributed by atoms with E-state index in [4.69, 9.17) is 0 Å². The number of nitrogens with one attached hydrogen (secondary N) is 1. The van der Waals surface area contributed by atoms with Gasteiger partial charge in [-0.3, -0.25) is 14.5 Å². The Bertz CT molecular complexity index is 1120. The van der Waals surface area contributed by atoms with E-state index in [1.807, 2.05) is 30.3 Å². The number of fused-ring (bicyclic) bond motifs is 1. The average Bonchev–Trinajstić information content (AvgIpc) is 2.77. The molecule has 1 amide bonds. The van der Waals surface area contributed by atoms with Crippen molar-refractivity contribution in [1.82, 2.24) is 14.8 Å². The van der Waals surface area contributed by atoms with Gasteiger partial charge in [-0.15, -0.1) is 0 Å². The Kier molecular flexibility index (Phi) is 6.00. The maximum absolute atomic E-state index is 13.0. The van der Waals surface area contributed by atoms with Crippen LogP contribution in [0.5, 0.6) is 0 Å². The highest BCUT2D eigenvalue weighted by Crippen LogP contribution is 2.21. The molecule has 5 nitrogen and oxygen atoms in total. The molecule has 1 fully saturated rings. The molecule has 1 N–H and O–H groups in total. The van der Waals surface area contributed by atoms with E-state index in [1.54, 1.807) is 11.6 Å². The summed E-state index contributed by atoms with van der Waals surface area (Å²) >= 11 is 0. The monoisotopic (exact) mass is 403 g/mol. The van der Waals surface area contributed by atoms with E-state index in [1.165, 1.54) is 30.9 Å². The molecule has 1 atom stereocenters. The lowest BCUT2D eigenvalue weighted by molar-refractivity contribution is 0.0952. The quantitative estimate of drug-likeness (QED) is 0.704. The molecule has 0 radical (unpaired) electrons. The van der Waals surface area contributed by atoms with Crippen molar-refractivity contribution in [2.75, 3.05) is 6.54 Å². The van der Waals surface area contributed by atoms with Gasteiger partial charge in [0.15, 0.2) is 0 Å². The Morgan fingerprint density at radius 1 is 1.07 bits per heavy atom. The first-order valence-electron chi connectivity index (χ1n) is 10.7. The molecule has 2 aromatic carbocycles. The molecular weight excluding hydrogens is 374 g/mol. The van der Waals surface area contributed by atoms with E-state index in [-0.39, 0.29) is 11.5 Å². The summed E-state index contributed by atoms with van der Waals surface area (Å²) in [5, 5.41) is 3.82. The standard InChI is InChI=1S/C25H29N3O2/c1-18-9-7-8-14-28(18)17-20-11-4-3-10-19(20)16-26-25(30)22-15-24(29)27(2)23-13-6-5-12-21(22)23/h3-6,10-13,15,18H,7-9,14,16-17H2,1-2H3,(H,26,30). The van der Waals surface area contributed by atoms with Gasteiger partial charge in [-0.25, -0.2) is 0 Å². The van der Waals surface area contributed by atoms with Crippen LogP contribution in [0.2, 0.25) is 0 Å². The van der Waals surface area contributed by atoms with Crippen molar-refractivity contribution in [2.24, 2.45) is 7.05 Å². The Balaban J connectivity index is 1.53. The number of pyridine rings is 1. The van der Waals surface area contributed by atoms with Gasteiger partial charge in [0.1, 0.15) is 0 Å². The molecule has 1 unspecified atom stereocenters. The molecule has 3 aromatic rings. The average molecular weight is 404 g/mol. The third-order valence-electron chi connectivity index (χ3n) is 6.27. The van der Waals surface area contributed by atoms with Gasteiger partial charge in [0.2, 0.25) is 0 Å². The van der Waals surface area contributed by atoms with E-state index in [9.17, 15) is 9.59 Å². The van der Waals surface area contributed by atoms with E-state index < -0.39 is 0 Å². The largest absolute Gasteiger partial charge is 0.348 e. The van der Waals surface area contributed by atoms with E-state index in [0.29, 0.717) is 18.2 Å². The Morgan fingerprint density at radius 2 is 1.80 bits per heavy atom. The first-order valence-corrected chi connectivity index (χ1v) is 10.7. The van der Waals surface area contributed by atoms with Gasteiger partial charge in [0, 0.05) is 37.6 Å². The molecule has 156 valence electrons. The van der Waals surface area contributed by atoms with E-state index in [2.05, 4.69) is 35.3 Å². The molecule has 0 spiro atoms. The fourth-order valence-corrected chi connectivity index (χ4v) is 4.36. The number of nitrogens with zero attached hydrogens (tertiary/aromatic N) is 2. The highest BCUT2D eigenvalue weighted by atomic mass is 16.2. The number of rotatable bonds is 5. The Hall–Kier alpha value is -2.92. The summed E-state index contributed by atoms with van der Waals surface area (Å²) in [5.74, 6) is -0.218. The highest BCUT2D eigenvalue weighted by molar-refractivity contribution is 6.06. The number of carbonyl (C=O) groups excluding carboxylic acids is 1. The molecular formula is C25H29N3O2. The minimum atomic E-state index is -0.218. The van der Waals surface area contributed by atoms with Gasteiger partial charge in [0.25, 0.3) is 11.5 Å².